The predicted molar refractivity (Wildman–Crippen MR) is 136 cm³/mol. The van der Waals surface area contributed by atoms with Crippen LogP contribution in [-0.2, 0) is 13.0 Å². The first-order chi connectivity index (χ1) is 13.6. The van der Waals surface area contributed by atoms with Crippen molar-refractivity contribution in [3.63, 3.8) is 0 Å². The van der Waals surface area contributed by atoms with Crippen LogP contribution in [0.25, 0.3) is 0 Å². The number of halogens is 1. The summed E-state index contributed by atoms with van der Waals surface area (Å²) >= 11 is 1.86. The molecule has 0 amide bonds. The van der Waals surface area contributed by atoms with Gasteiger partial charge in [-0.3, -0.25) is 4.99 Å². The molecule has 0 radical (unpaired) electrons. The molecule has 1 fully saturated rings. The maximum atomic E-state index is 4.69. The average molecular weight is 528 g/mol. The number of thiophene rings is 1. The molecule has 2 aromatic rings. The minimum atomic E-state index is 0. The minimum Gasteiger partial charge on any atom is -0.357 e. The van der Waals surface area contributed by atoms with Crippen molar-refractivity contribution in [3.8, 4) is 0 Å². The van der Waals surface area contributed by atoms with Crippen LogP contribution in [0, 0.1) is 6.92 Å². The summed E-state index contributed by atoms with van der Waals surface area (Å²) < 4.78 is 0. The van der Waals surface area contributed by atoms with Gasteiger partial charge in [-0.05, 0) is 50.5 Å². The van der Waals surface area contributed by atoms with E-state index < -0.39 is 0 Å². The minimum absolute atomic E-state index is 0. The number of aliphatic imine (C=N–C) groups is 1. The summed E-state index contributed by atoms with van der Waals surface area (Å²) in [5, 5.41) is 6.89. The van der Waals surface area contributed by atoms with Crippen LogP contribution < -0.4 is 15.5 Å². The summed E-state index contributed by atoms with van der Waals surface area (Å²) in [7, 11) is 1.82. The van der Waals surface area contributed by atoms with Crippen molar-refractivity contribution in [2.75, 3.05) is 25.0 Å². The molecule has 3 rings (SSSR count). The number of hydrogen-bond donors (Lipinski definition) is 2. The van der Waals surface area contributed by atoms with Crippen molar-refractivity contribution >= 4 is 47.1 Å². The standard InChI is InChI=1S/C22H33N5S.HI/c1-17(14-20-10-8-18(2)28-20)26-22(23-3)25-16-19-9-11-21(24-15-19)27-12-6-4-5-7-13-27;/h8-11,15,17H,4-7,12-14,16H2,1-3H3,(H2,23,25,26);1H. The molecule has 7 heteroatoms. The van der Waals surface area contributed by atoms with Gasteiger partial charge in [0.15, 0.2) is 5.96 Å². The maximum absolute atomic E-state index is 4.69. The van der Waals surface area contributed by atoms with Crippen LogP contribution in [0.2, 0.25) is 0 Å². The van der Waals surface area contributed by atoms with E-state index in [0.717, 1.165) is 37.8 Å². The Morgan fingerprint density at radius 3 is 2.52 bits per heavy atom. The van der Waals surface area contributed by atoms with Crippen molar-refractivity contribution in [3.05, 3.63) is 45.8 Å². The number of anilines is 1. The molecular formula is C22H34IN5S. The topological polar surface area (TPSA) is 52.6 Å². The summed E-state index contributed by atoms with van der Waals surface area (Å²) in [4.78, 5) is 14.2. The molecule has 0 spiro atoms. The van der Waals surface area contributed by atoms with Gasteiger partial charge < -0.3 is 15.5 Å². The number of nitrogens with zero attached hydrogens (tertiary/aromatic N) is 3. The highest BCUT2D eigenvalue weighted by Gasteiger charge is 2.11. The number of nitrogens with one attached hydrogen (secondary N) is 2. The van der Waals surface area contributed by atoms with E-state index in [1.54, 1.807) is 0 Å². The second-order valence-corrected chi connectivity index (χ2v) is 8.99. The number of guanidine groups is 1. The van der Waals surface area contributed by atoms with E-state index in [4.69, 9.17) is 4.98 Å². The van der Waals surface area contributed by atoms with Crippen LogP contribution in [0.15, 0.2) is 35.5 Å². The van der Waals surface area contributed by atoms with Crippen molar-refractivity contribution in [2.24, 2.45) is 4.99 Å². The van der Waals surface area contributed by atoms with Gasteiger partial charge in [0.25, 0.3) is 0 Å². The first-order valence-electron chi connectivity index (χ1n) is 10.4. The van der Waals surface area contributed by atoms with E-state index in [1.807, 2.05) is 24.6 Å². The molecule has 160 valence electrons. The summed E-state index contributed by atoms with van der Waals surface area (Å²) in [6.45, 7) is 7.32. The fourth-order valence-electron chi connectivity index (χ4n) is 3.57. The van der Waals surface area contributed by atoms with Gasteiger partial charge in [0, 0.05) is 55.1 Å². The molecule has 2 aromatic heterocycles. The molecule has 29 heavy (non-hydrogen) atoms. The van der Waals surface area contributed by atoms with Crippen molar-refractivity contribution in [2.45, 2.75) is 58.5 Å². The van der Waals surface area contributed by atoms with Crippen LogP contribution in [0.3, 0.4) is 0 Å². The Labute approximate surface area is 196 Å². The SMILES string of the molecule is CN=C(NCc1ccc(N2CCCCCC2)nc1)NC(C)Cc1ccc(C)s1.I. The lowest BCUT2D eigenvalue weighted by atomic mass is 10.2. The van der Waals surface area contributed by atoms with Gasteiger partial charge >= 0.3 is 0 Å². The van der Waals surface area contributed by atoms with E-state index >= 15 is 0 Å². The normalized spacial score (nSPS) is 16.0. The monoisotopic (exact) mass is 527 g/mol. The predicted octanol–water partition coefficient (Wildman–Crippen LogP) is 4.75. The molecule has 1 saturated heterocycles. The van der Waals surface area contributed by atoms with Crippen LogP contribution >= 0.6 is 35.3 Å². The van der Waals surface area contributed by atoms with Gasteiger partial charge in [0.05, 0.1) is 0 Å². The number of rotatable bonds is 6. The van der Waals surface area contributed by atoms with E-state index in [9.17, 15) is 0 Å². The third kappa shape index (κ3) is 7.77. The Hall–Kier alpha value is -1.35. The lowest BCUT2D eigenvalue weighted by Gasteiger charge is -2.21. The molecule has 1 aliphatic rings. The first-order valence-corrected chi connectivity index (χ1v) is 11.2. The quantitative estimate of drug-likeness (QED) is 0.324. The van der Waals surface area contributed by atoms with Gasteiger partial charge in [0.1, 0.15) is 5.82 Å². The van der Waals surface area contributed by atoms with Gasteiger partial charge in [-0.25, -0.2) is 4.98 Å². The number of aryl methyl sites for hydroxylation is 1. The lowest BCUT2D eigenvalue weighted by molar-refractivity contribution is 0.644. The van der Waals surface area contributed by atoms with E-state index in [2.05, 4.69) is 58.6 Å². The number of aromatic nitrogens is 1. The average Bonchev–Trinajstić information content (AvgIpc) is 2.94. The van der Waals surface area contributed by atoms with Crippen molar-refractivity contribution in [1.29, 1.82) is 0 Å². The smallest absolute Gasteiger partial charge is 0.191 e. The van der Waals surface area contributed by atoms with Crippen molar-refractivity contribution < 1.29 is 0 Å². The zero-order valence-electron chi connectivity index (χ0n) is 17.8. The molecule has 5 nitrogen and oxygen atoms in total. The third-order valence-corrected chi connectivity index (χ3v) is 6.13. The highest BCUT2D eigenvalue weighted by molar-refractivity contribution is 14.0. The largest absolute Gasteiger partial charge is 0.357 e. The zero-order chi connectivity index (χ0) is 19.8. The van der Waals surface area contributed by atoms with E-state index in [-0.39, 0.29) is 24.0 Å². The summed E-state index contributed by atoms with van der Waals surface area (Å²) in [6, 6.07) is 9.05. The van der Waals surface area contributed by atoms with Crippen molar-refractivity contribution in [1.82, 2.24) is 15.6 Å². The second kappa shape index (κ2) is 12.4. The van der Waals surface area contributed by atoms with Crippen LogP contribution in [0.1, 0.15) is 47.9 Å². The summed E-state index contributed by atoms with van der Waals surface area (Å²) in [5.41, 5.74) is 1.17. The Kier molecular flexibility index (Phi) is 10.2. The van der Waals surface area contributed by atoms with Crippen LogP contribution in [-0.4, -0.2) is 37.1 Å². The molecule has 0 aromatic carbocycles. The third-order valence-electron chi connectivity index (χ3n) is 5.11. The molecule has 1 unspecified atom stereocenters. The molecule has 1 atom stereocenters. The number of hydrogen-bond acceptors (Lipinski definition) is 4. The van der Waals surface area contributed by atoms with Gasteiger partial charge in [-0.2, -0.15) is 0 Å². The fraction of sp³-hybridized carbons (Fsp3) is 0.545. The van der Waals surface area contributed by atoms with E-state index in [1.165, 1.54) is 41.0 Å². The summed E-state index contributed by atoms with van der Waals surface area (Å²) in [6.07, 6.45) is 8.22. The summed E-state index contributed by atoms with van der Waals surface area (Å²) in [5.74, 6) is 1.94. The molecule has 3 heterocycles. The van der Waals surface area contributed by atoms with Crippen LogP contribution in [0.4, 0.5) is 5.82 Å². The Morgan fingerprint density at radius 1 is 1.17 bits per heavy atom. The van der Waals surface area contributed by atoms with Gasteiger partial charge in [-0.15, -0.1) is 35.3 Å². The molecular weight excluding hydrogens is 493 g/mol. The number of pyridine rings is 1. The molecule has 2 N–H and O–H groups in total. The first kappa shape index (κ1) is 23.9. The highest BCUT2D eigenvalue weighted by atomic mass is 127. The zero-order valence-corrected chi connectivity index (χ0v) is 20.9. The maximum Gasteiger partial charge on any atom is 0.191 e. The molecule has 1 aliphatic heterocycles. The molecule has 0 saturated carbocycles. The second-order valence-electron chi connectivity index (χ2n) is 7.61. The van der Waals surface area contributed by atoms with Gasteiger partial charge in [0.2, 0.25) is 0 Å². The molecule has 0 bridgehead atoms. The van der Waals surface area contributed by atoms with E-state index in [0.29, 0.717) is 6.04 Å². The Bertz CT molecular complexity index is 751. The fourth-order valence-corrected chi connectivity index (χ4v) is 4.59. The highest BCUT2D eigenvalue weighted by Crippen LogP contribution is 2.18. The van der Waals surface area contributed by atoms with Crippen LogP contribution in [0.5, 0.6) is 0 Å². The Balaban J connectivity index is 0.00000300. The molecule has 0 aliphatic carbocycles. The lowest BCUT2D eigenvalue weighted by Crippen LogP contribution is -2.42. The van der Waals surface area contributed by atoms with Gasteiger partial charge in [-0.1, -0.05) is 18.9 Å². The Morgan fingerprint density at radius 2 is 1.93 bits per heavy atom.